The maximum atomic E-state index is 10.3. The van der Waals surface area contributed by atoms with Gasteiger partial charge in [0.2, 0.25) is 0 Å². The molecule has 0 aliphatic rings. The molecule has 0 aliphatic heterocycles. The zero-order valence-corrected chi connectivity index (χ0v) is 9.73. The molecule has 0 aliphatic carbocycles. The molecule has 0 fully saturated rings. The van der Waals surface area contributed by atoms with E-state index in [-0.39, 0.29) is 56.6 Å². The normalized spacial score (nSPS) is 8.25. The number of hydrogen-bond donors (Lipinski definition) is 0. The molecule has 0 amide bonds. The Bertz CT molecular complexity index is 456. The topological polar surface area (TPSA) is 54.2 Å². The Labute approximate surface area is 130 Å². The number of benzene rings is 1. The van der Waals surface area contributed by atoms with Crippen LogP contribution >= 0.6 is 0 Å². The van der Waals surface area contributed by atoms with E-state index in [1.54, 1.807) is 0 Å². The molecular formula is C10H6Li3NO2. The number of hydrogen-bond acceptors (Lipinski definition) is 2. The number of carbonyl (C=O) groups is 1. The summed E-state index contributed by atoms with van der Waals surface area (Å²) in [6.07, 6.45) is 2.58. The first-order valence-electron chi connectivity index (χ1n) is 3.83. The summed E-state index contributed by atoms with van der Waals surface area (Å²) in [6.45, 7) is 0. The number of aromatic nitrogens is 1. The fourth-order valence-electron chi connectivity index (χ4n) is 1.28. The van der Waals surface area contributed by atoms with E-state index in [9.17, 15) is 9.90 Å². The zero-order chi connectivity index (χ0) is 9.26. The standard InChI is InChI=1S/C10H7NO2.3Li/c12-10(13)5-7-6-11-9-4-2-1-3-8(7)9;;;/h1-6H,(H,12,13);;;/q-2;3*+1/p-1. The second kappa shape index (κ2) is 8.05. The first-order chi connectivity index (χ1) is 6.27. The van der Waals surface area contributed by atoms with Crippen LogP contribution in [0.25, 0.3) is 10.9 Å². The molecule has 1 heterocycles. The van der Waals surface area contributed by atoms with Gasteiger partial charge in [-0.25, -0.2) is 5.56 Å². The van der Waals surface area contributed by atoms with E-state index in [1.807, 2.05) is 24.3 Å². The minimum absolute atomic E-state index is 0. The molecule has 0 spiro atoms. The van der Waals surface area contributed by atoms with Gasteiger partial charge >= 0.3 is 56.6 Å². The van der Waals surface area contributed by atoms with Crippen molar-refractivity contribution in [3.05, 3.63) is 42.4 Å². The summed E-state index contributed by atoms with van der Waals surface area (Å²) in [5.74, 6) is -1.20. The van der Waals surface area contributed by atoms with Crippen molar-refractivity contribution in [1.82, 2.24) is 4.98 Å². The summed E-state index contributed by atoms with van der Waals surface area (Å²) < 4.78 is 0. The fraction of sp³-hybridized carbons (Fsp3) is 0. The Hall–Kier alpha value is -0.108. The molecule has 0 unspecified atom stereocenters. The van der Waals surface area contributed by atoms with Gasteiger partial charge in [0.1, 0.15) is 0 Å². The molecule has 3 nitrogen and oxygen atoms in total. The SMILES string of the molecule is O=C([O-])[CH-]c1c[n-]c2ccccc12.[Li+].[Li+].[Li+]. The van der Waals surface area contributed by atoms with Crippen molar-refractivity contribution in [3.63, 3.8) is 0 Å². The first kappa shape index (κ1) is 18.3. The van der Waals surface area contributed by atoms with Crippen LogP contribution < -0.4 is 66.7 Å². The quantitative estimate of drug-likeness (QED) is 0.351. The molecule has 0 saturated carbocycles. The monoisotopic (exact) mass is 193 g/mol. The van der Waals surface area contributed by atoms with Crippen molar-refractivity contribution < 1.29 is 66.5 Å². The predicted molar refractivity (Wildman–Crippen MR) is 45.7 cm³/mol. The van der Waals surface area contributed by atoms with Crippen LogP contribution in [0.4, 0.5) is 0 Å². The van der Waals surface area contributed by atoms with Gasteiger partial charge < -0.3 is 14.9 Å². The van der Waals surface area contributed by atoms with Crippen molar-refractivity contribution in [1.29, 1.82) is 0 Å². The summed E-state index contributed by atoms with van der Waals surface area (Å²) in [4.78, 5) is 14.4. The Balaban J connectivity index is 0. The second-order valence-electron chi connectivity index (χ2n) is 2.69. The van der Waals surface area contributed by atoms with E-state index in [2.05, 4.69) is 4.98 Å². The van der Waals surface area contributed by atoms with Crippen LogP contribution in [0.1, 0.15) is 5.56 Å². The molecule has 1 aromatic heterocycles. The molecule has 0 radical (unpaired) electrons. The van der Waals surface area contributed by atoms with Crippen LogP contribution in [-0.2, 0) is 4.79 Å². The van der Waals surface area contributed by atoms with E-state index in [1.165, 1.54) is 6.20 Å². The predicted octanol–water partition coefficient (Wildman–Crippen LogP) is -8.89. The number of nitrogens with zero attached hydrogens (tertiary/aromatic N) is 1. The second-order valence-corrected chi connectivity index (χ2v) is 2.69. The number of para-hydroxylation sites is 1. The Morgan fingerprint density at radius 3 is 2.44 bits per heavy atom. The Kier molecular flexibility index (Phi) is 9.19. The average Bonchev–Trinajstić information content (AvgIpc) is 2.48. The third kappa shape index (κ3) is 4.04. The molecule has 0 N–H and O–H groups in total. The zero-order valence-electron chi connectivity index (χ0n) is 9.73. The number of aliphatic carboxylic acids is 1. The Morgan fingerprint density at radius 1 is 1.19 bits per heavy atom. The largest absolute Gasteiger partial charge is 1.00 e. The summed E-state index contributed by atoms with van der Waals surface area (Å²) >= 11 is 0. The molecule has 2 aromatic rings. The number of carboxylic acids is 1. The number of rotatable bonds is 2. The van der Waals surface area contributed by atoms with Gasteiger partial charge in [0.05, 0.1) is 0 Å². The summed E-state index contributed by atoms with van der Waals surface area (Å²) in [5.41, 5.74) is 1.39. The average molecular weight is 193 g/mol. The maximum absolute atomic E-state index is 10.3. The van der Waals surface area contributed by atoms with Crippen molar-refractivity contribution in [2.75, 3.05) is 0 Å². The van der Waals surface area contributed by atoms with Gasteiger partial charge in [0, 0.05) is 5.97 Å². The molecule has 0 saturated heterocycles. The molecule has 0 bridgehead atoms. The van der Waals surface area contributed by atoms with E-state index in [0.717, 1.165) is 17.3 Å². The van der Waals surface area contributed by atoms with Gasteiger partial charge in [-0.2, -0.15) is 5.52 Å². The van der Waals surface area contributed by atoms with Gasteiger partial charge in [-0.3, -0.25) is 6.20 Å². The molecule has 6 heteroatoms. The van der Waals surface area contributed by atoms with Crippen molar-refractivity contribution in [2.24, 2.45) is 0 Å². The van der Waals surface area contributed by atoms with Crippen molar-refractivity contribution >= 4 is 16.9 Å². The first-order valence-corrected chi connectivity index (χ1v) is 3.83. The van der Waals surface area contributed by atoms with Gasteiger partial charge in [0.15, 0.2) is 0 Å². The number of fused-ring (bicyclic) bond motifs is 1. The summed E-state index contributed by atoms with van der Waals surface area (Å²) in [7, 11) is 0. The minimum atomic E-state index is -1.20. The number of carbonyl (C=O) groups excluding carboxylic acids is 1. The molecule has 66 valence electrons. The third-order valence-electron chi connectivity index (χ3n) is 1.83. The van der Waals surface area contributed by atoms with Crippen molar-refractivity contribution in [2.45, 2.75) is 0 Å². The van der Waals surface area contributed by atoms with Crippen molar-refractivity contribution in [3.8, 4) is 0 Å². The third-order valence-corrected chi connectivity index (χ3v) is 1.83. The molecular weight excluding hydrogens is 187 g/mol. The minimum Gasteiger partial charge on any atom is -0.732 e. The van der Waals surface area contributed by atoms with Crippen LogP contribution in [0.3, 0.4) is 0 Å². The fourth-order valence-corrected chi connectivity index (χ4v) is 1.28. The van der Waals surface area contributed by atoms with E-state index < -0.39 is 5.97 Å². The van der Waals surface area contributed by atoms with E-state index in [0.29, 0.717) is 5.56 Å². The molecule has 16 heavy (non-hydrogen) atoms. The van der Waals surface area contributed by atoms with Gasteiger partial charge in [0.25, 0.3) is 0 Å². The van der Waals surface area contributed by atoms with Gasteiger partial charge in [-0.15, -0.1) is 17.9 Å². The van der Waals surface area contributed by atoms with E-state index in [4.69, 9.17) is 0 Å². The van der Waals surface area contributed by atoms with Crippen LogP contribution in [-0.4, -0.2) is 5.97 Å². The summed E-state index contributed by atoms with van der Waals surface area (Å²) in [6, 6.07) is 7.37. The van der Waals surface area contributed by atoms with Crippen LogP contribution in [0.15, 0.2) is 30.5 Å². The molecule has 2 rings (SSSR count). The Morgan fingerprint density at radius 2 is 1.81 bits per heavy atom. The van der Waals surface area contributed by atoms with Crippen LogP contribution in [0.2, 0.25) is 0 Å². The summed E-state index contributed by atoms with van der Waals surface area (Å²) in [5, 5.41) is 11.2. The van der Waals surface area contributed by atoms with Gasteiger partial charge in [-0.05, 0) is 0 Å². The van der Waals surface area contributed by atoms with Gasteiger partial charge in [-0.1, -0.05) is 18.2 Å². The van der Waals surface area contributed by atoms with E-state index >= 15 is 0 Å². The molecule has 0 atom stereocenters. The smallest absolute Gasteiger partial charge is 0.732 e. The number of carboxylic acid groups (broad SMARTS) is 1. The maximum Gasteiger partial charge on any atom is 1.00 e. The molecule has 1 aromatic carbocycles. The van der Waals surface area contributed by atoms with Crippen LogP contribution in [0.5, 0.6) is 0 Å². The van der Waals surface area contributed by atoms with Crippen LogP contribution in [0, 0.1) is 6.42 Å².